The number of benzene rings is 1. The number of carboxylic acids is 1. The van der Waals surface area contributed by atoms with Gasteiger partial charge in [-0.2, -0.15) is 0 Å². The molecular formula is C19H24N2O5. The van der Waals surface area contributed by atoms with Gasteiger partial charge in [-0.25, -0.2) is 0 Å². The summed E-state index contributed by atoms with van der Waals surface area (Å²) in [7, 11) is 0. The molecule has 0 bridgehead atoms. The van der Waals surface area contributed by atoms with Gasteiger partial charge in [-0.15, -0.1) is 0 Å². The van der Waals surface area contributed by atoms with E-state index in [4.69, 9.17) is 9.84 Å². The number of anilines is 1. The van der Waals surface area contributed by atoms with E-state index in [-0.39, 0.29) is 12.5 Å². The lowest BCUT2D eigenvalue weighted by Crippen LogP contribution is -2.51. The summed E-state index contributed by atoms with van der Waals surface area (Å²) in [4.78, 5) is 39.7. The summed E-state index contributed by atoms with van der Waals surface area (Å²) in [5, 5.41) is 9.06. The van der Waals surface area contributed by atoms with Crippen molar-refractivity contribution in [2.75, 3.05) is 24.5 Å². The Morgan fingerprint density at radius 2 is 1.96 bits per heavy atom. The Kier molecular flexibility index (Phi) is 5.15. The van der Waals surface area contributed by atoms with Crippen LogP contribution in [0.2, 0.25) is 0 Å². The Bertz CT molecular complexity index is 725. The number of hydrogen-bond donors (Lipinski definition) is 1. The summed E-state index contributed by atoms with van der Waals surface area (Å²) in [5.74, 6) is -0.672. The van der Waals surface area contributed by atoms with E-state index in [1.54, 1.807) is 17.0 Å². The van der Waals surface area contributed by atoms with Crippen LogP contribution in [-0.4, -0.2) is 53.5 Å². The number of carboxylic acid groups (broad SMARTS) is 1. The first-order valence-corrected chi connectivity index (χ1v) is 8.93. The van der Waals surface area contributed by atoms with Gasteiger partial charge in [0.05, 0.1) is 12.1 Å². The third-order valence-corrected chi connectivity index (χ3v) is 5.01. The second kappa shape index (κ2) is 7.35. The molecule has 2 aliphatic heterocycles. The smallest absolute Gasteiger partial charge is 0.307 e. The third kappa shape index (κ3) is 3.81. The fraction of sp³-hybridized carbons (Fsp3) is 0.526. The van der Waals surface area contributed by atoms with Crippen molar-refractivity contribution in [1.82, 2.24) is 4.90 Å². The number of ether oxygens (including phenoxy) is 1. The van der Waals surface area contributed by atoms with Gasteiger partial charge in [0.25, 0.3) is 5.91 Å². The molecule has 140 valence electrons. The van der Waals surface area contributed by atoms with Gasteiger partial charge in [0.15, 0.2) is 6.10 Å². The van der Waals surface area contributed by atoms with Crippen LogP contribution >= 0.6 is 0 Å². The fourth-order valence-electron chi connectivity index (χ4n) is 3.38. The number of aliphatic carboxylic acids is 1. The molecule has 7 heteroatoms. The number of amides is 2. The number of fused-ring (bicyclic) bond motifs is 1. The van der Waals surface area contributed by atoms with Crippen LogP contribution in [0.15, 0.2) is 18.2 Å². The number of rotatable bonds is 4. The molecule has 1 unspecified atom stereocenters. The standard InChI is InChI=1S/C19H24N2O5/c1-12-5-7-20(8-6-12)17(22)11-21-14-4-3-13(2)9-15(14)26-16(19(21)25)10-18(23)24/h3-4,9,12,16H,5-8,10-11H2,1-2H3,(H,23,24). The Morgan fingerprint density at radius 3 is 2.62 bits per heavy atom. The summed E-state index contributed by atoms with van der Waals surface area (Å²) in [6, 6.07) is 5.34. The Labute approximate surface area is 152 Å². The molecule has 1 aromatic rings. The highest BCUT2D eigenvalue weighted by Crippen LogP contribution is 2.35. The predicted octanol–water partition coefficient (Wildman–Crippen LogP) is 1.82. The zero-order valence-electron chi connectivity index (χ0n) is 15.1. The van der Waals surface area contributed by atoms with Crippen LogP contribution < -0.4 is 9.64 Å². The average Bonchev–Trinajstić information content (AvgIpc) is 2.58. The van der Waals surface area contributed by atoms with E-state index in [1.807, 2.05) is 13.0 Å². The summed E-state index contributed by atoms with van der Waals surface area (Å²) < 4.78 is 5.61. The third-order valence-electron chi connectivity index (χ3n) is 5.01. The van der Waals surface area contributed by atoms with Gasteiger partial charge in [-0.3, -0.25) is 19.3 Å². The van der Waals surface area contributed by atoms with Crippen LogP contribution in [0.25, 0.3) is 0 Å². The topological polar surface area (TPSA) is 87.1 Å². The Balaban J connectivity index is 1.82. The van der Waals surface area contributed by atoms with Crippen LogP contribution in [-0.2, 0) is 14.4 Å². The van der Waals surface area contributed by atoms with Gasteiger partial charge in [0.2, 0.25) is 5.91 Å². The van der Waals surface area contributed by atoms with Crippen LogP contribution in [0, 0.1) is 12.8 Å². The number of likely N-dealkylation sites (tertiary alicyclic amines) is 1. The molecule has 0 radical (unpaired) electrons. The van der Waals surface area contributed by atoms with Gasteiger partial charge < -0.3 is 14.7 Å². The number of aryl methyl sites for hydroxylation is 1. The first-order chi connectivity index (χ1) is 12.3. The maximum Gasteiger partial charge on any atom is 0.307 e. The van der Waals surface area contributed by atoms with Crippen LogP contribution in [0.3, 0.4) is 0 Å². The summed E-state index contributed by atoms with van der Waals surface area (Å²) in [5.41, 5.74) is 1.45. The van der Waals surface area contributed by atoms with Gasteiger partial charge in [0, 0.05) is 13.1 Å². The molecule has 26 heavy (non-hydrogen) atoms. The van der Waals surface area contributed by atoms with E-state index < -0.39 is 24.4 Å². The maximum atomic E-state index is 12.7. The van der Waals surface area contributed by atoms with Gasteiger partial charge in [-0.1, -0.05) is 13.0 Å². The largest absolute Gasteiger partial charge is 0.481 e. The molecule has 0 aromatic heterocycles. The second-order valence-corrected chi connectivity index (χ2v) is 7.16. The molecule has 1 fully saturated rings. The van der Waals surface area contributed by atoms with Crippen molar-refractivity contribution in [1.29, 1.82) is 0 Å². The van der Waals surface area contributed by atoms with Crippen molar-refractivity contribution in [2.45, 2.75) is 39.2 Å². The number of hydrogen-bond acceptors (Lipinski definition) is 4. The van der Waals surface area contributed by atoms with Crippen molar-refractivity contribution >= 4 is 23.5 Å². The molecule has 2 amide bonds. The minimum absolute atomic E-state index is 0.0945. The van der Waals surface area contributed by atoms with E-state index in [9.17, 15) is 14.4 Å². The van der Waals surface area contributed by atoms with Crippen LogP contribution in [0.4, 0.5) is 5.69 Å². The van der Waals surface area contributed by atoms with Crippen LogP contribution in [0.1, 0.15) is 31.7 Å². The number of piperidine rings is 1. The van der Waals surface area contributed by atoms with Crippen molar-refractivity contribution < 1.29 is 24.2 Å². The van der Waals surface area contributed by atoms with E-state index in [2.05, 4.69) is 6.92 Å². The monoisotopic (exact) mass is 360 g/mol. The molecule has 0 aliphatic carbocycles. The number of carbonyl (C=O) groups is 3. The van der Waals surface area contributed by atoms with E-state index in [0.29, 0.717) is 30.4 Å². The first-order valence-electron chi connectivity index (χ1n) is 8.93. The van der Waals surface area contributed by atoms with E-state index in [1.165, 1.54) is 4.90 Å². The molecule has 7 nitrogen and oxygen atoms in total. The lowest BCUT2D eigenvalue weighted by Gasteiger charge is -2.36. The lowest BCUT2D eigenvalue weighted by atomic mass is 9.99. The van der Waals surface area contributed by atoms with Crippen LogP contribution in [0.5, 0.6) is 5.75 Å². The SMILES string of the molecule is Cc1ccc2c(c1)OC(CC(=O)O)C(=O)N2CC(=O)N1CCC(C)CC1. The highest BCUT2D eigenvalue weighted by Gasteiger charge is 2.37. The van der Waals surface area contributed by atoms with E-state index >= 15 is 0 Å². The highest BCUT2D eigenvalue weighted by molar-refractivity contribution is 6.05. The van der Waals surface area contributed by atoms with Gasteiger partial charge >= 0.3 is 5.97 Å². The summed E-state index contributed by atoms with van der Waals surface area (Å²) >= 11 is 0. The summed E-state index contributed by atoms with van der Waals surface area (Å²) in [6.07, 6.45) is 0.370. The van der Waals surface area contributed by atoms with E-state index in [0.717, 1.165) is 18.4 Å². The Hall–Kier alpha value is -2.57. The number of nitrogens with zero attached hydrogens (tertiary/aromatic N) is 2. The highest BCUT2D eigenvalue weighted by atomic mass is 16.5. The average molecular weight is 360 g/mol. The maximum absolute atomic E-state index is 12.7. The Morgan fingerprint density at radius 1 is 1.27 bits per heavy atom. The minimum atomic E-state index is -1.12. The van der Waals surface area contributed by atoms with Crippen molar-refractivity contribution in [3.05, 3.63) is 23.8 Å². The normalized spacial score (nSPS) is 20.5. The first kappa shape index (κ1) is 18.2. The zero-order valence-corrected chi connectivity index (χ0v) is 15.1. The molecule has 1 aromatic carbocycles. The number of carbonyl (C=O) groups excluding carboxylic acids is 2. The van der Waals surface area contributed by atoms with Crippen molar-refractivity contribution in [3.8, 4) is 5.75 Å². The van der Waals surface area contributed by atoms with Gasteiger partial charge in [0.1, 0.15) is 12.3 Å². The molecule has 1 saturated heterocycles. The second-order valence-electron chi connectivity index (χ2n) is 7.16. The van der Waals surface area contributed by atoms with Crippen molar-refractivity contribution in [2.24, 2.45) is 5.92 Å². The molecule has 2 aliphatic rings. The molecule has 0 spiro atoms. The quantitative estimate of drug-likeness (QED) is 0.885. The molecule has 1 N–H and O–H groups in total. The van der Waals surface area contributed by atoms with Crippen molar-refractivity contribution in [3.63, 3.8) is 0 Å². The van der Waals surface area contributed by atoms with Gasteiger partial charge in [-0.05, 0) is 43.4 Å². The molecule has 2 heterocycles. The minimum Gasteiger partial charge on any atom is -0.481 e. The molecular weight excluding hydrogens is 336 g/mol. The summed E-state index contributed by atoms with van der Waals surface area (Å²) in [6.45, 7) is 5.34. The molecule has 1 atom stereocenters. The lowest BCUT2D eigenvalue weighted by molar-refractivity contribution is -0.142. The molecule has 0 saturated carbocycles. The zero-order chi connectivity index (χ0) is 18.8. The molecule has 3 rings (SSSR count). The fourth-order valence-corrected chi connectivity index (χ4v) is 3.38. The predicted molar refractivity (Wildman–Crippen MR) is 95.2 cm³/mol.